The van der Waals surface area contributed by atoms with Crippen molar-refractivity contribution in [3.8, 4) is 5.75 Å². The van der Waals surface area contributed by atoms with E-state index in [1.54, 1.807) is 0 Å². The molecule has 2 nitrogen and oxygen atoms in total. The Morgan fingerprint density at radius 2 is 1.48 bits per heavy atom. The summed E-state index contributed by atoms with van der Waals surface area (Å²) < 4.78 is 5.74. The molecule has 3 heteroatoms. The molecule has 0 N–H and O–H groups in total. The van der Waals surface area contributed by atoms with Crippen LogP contribution in [0.2, 0.25) is 0 Å². The monoisotopic (exact) mass is 305 g/mol. The molecule has 0 radical (unpaired) electrons. The van der Waals surface area contributed by atoms with E-state index in [0.29, 0.717) is 0 Å². The summed E-state index contributed by atoms with van der Waals surface area (Å²) in [4.78, 5) is 2.21. The van der Waals surface area contributed by atoms with Crippen LogP contribution in [0.4, 0.5) is 0 Å². The average Bonchev–Trinajstić information content (AvgIpc) is 2.46. The molecule has 21 heavy (non-hydrogen) atoms. The zero-order valence-electron chi connectivity index (χ0n) is 12.8. The molecule has 2 rings (SSSR count). The van der Waals surface area contributed by atoms with E-state index in [0.717, 1.165) is 31.7 Å². The number of para-hydroxylation sites is 1. The first-order valence-electron chi connectivity index (χ1n) is 7.15. The van der Waals surface area contributed by atoms with Crippen molar-refractivity contribution in [1.82, 2.24) is 4.90 Å². The Morgan fingerprint density at radius 1 is 0.857 bits per heavy atom. The van der Waals surface area contributed by atoms with Crippen molar-refractivity contribution in [2.75, 3.05) is 20.7 Å². The van der Waals surface area contributed by atoms with Crippen molar-refractivity contribution in [2.45, 2.75) is 19.4 Å². The van der Waals surface area contributed by atoms with Crippen LogP contribution in [0.5, 0.6) is 5.75 Å². The minimum Gasteiger partial charge on any atom is -0.494 e. The average molecular weight is 306 g/mol. The number of rotatable bonds is 7. The Bertz CT molecular complexity index is 514. The Hall–Kier alpha value is -1.51. The van der Waals surface area contributed by atoms with E-state index < -0.39 is 0 Å². The highest BCUT2D eigenvalue weighted by Crippen LogP contribution is 2.14. The summed E-state index contributed by atoms with van der Waals surface area (Å²) in [5.41, 5.74) is 2.84. The third-order valence-electron chi connectivity index (χ3n) is 3.21. The summed E-state index contributed by atoms with van der Waals surface area (Å²) in [6, 6.07) is 18.7. The fraction of sp³-hybridized carbons (Fsp3) is 0.333. The molecule has 0 amide bonds. The van der Waals surface area contributed by atoms with Gasteiger partial charge in [-0.15, -0.1) is 12.4 Å². The van der Waals surface area contributed by atoms with Crippen LogP contribution >= 0.6 is 12.4 Å². The topological polar surface area (TPSA) is 12.5 Å². The maximum absolute atomic E-state index is 5.74. The standard InChI is InChI=1S/C18H23NO.ClH/c1-19(2)15-17-10-7-6-9-16(17)11-8-14-20-18-12-4-3-5-13-18;/h3-7,9-10,12-13H,8,11,14-15H2,1-2H3;1H. The van der Waals surface area contributed by atoms with Gasteiger partial charge in [0.1, 0.15) is 5.75 Å². The minimum atomic E-state index is 0. The predicted octanol–water partition coefficient (Wildman–Crippen LogP) is 4.18. The van der Waals surface area contributed by atoms with Gasteiger partial charge in [-0.3, -0.25) is 0 Å². The van der Waals surface area contributed by atoms with Crippen molar-refractivity contribution < 1.29 is 4.74 Å². The van der Waals surface area contributed by atoms with Gasteiger partial charge in [-0.05, 0) is 50.2 Å². The van der Waals surface area contributed by atoms with Gasteiger partial charge in [-0.25, -0.2) is 0 Å². The van der Waals surface area contributed by atoms with E-state index in [1.165, 1.54) is 11.1 Å². The lowest BCUT2D eigenvalue weighted by molar-refractivity contribution is 0.310. The number of ether oxygens (including phenoxy) is 1. The molecule has 0 atom stereocenters. The Kier molecular flexibility index (Phi) is 7.88. The molecule has 0 heterocycles. The molecular weight excluding hydrogens is 282 g/mol. The van der Waals surface area contributed by atoms with Crippen molar-refractivity contribution >= 4 is 12.4 Å². The van der Waals surface area contributed by atoms with E-state index in [1.807, 2.05) is 30.3 Å². The molecule has 0 saturated heterocycles. The summed E-state index contributed by atoms with van der Waals surface area (Å²) in [5, 5.41) is 0. The number of nitrogens with zero attached hydrogens (tertiary/aromatic N) is 1. The maximum Gasteiger partial charge on any atom is 0.119 e. The van der Waals surface area contributed by atoms with Gasteiger partial charge < -0.3 is 9.64 Å². The largest absolute Gasteiger partial charge is 0.494 e. The van der Waals surface area contributed by atoms with Crippen LogP contribution < -0.4 is 4.74 Å². The lowest BCUT2D eigenvalue weighted by Crippen LogP contribution is -2.12. The molecule has 114 valence electrons. The Balaban J connectivity index is 0.00000220. The molecule has 2 aromatic rings. The van der Waals surface area contributed by atoms with E-state index in [2.05, 4.69) is 43.3 Å². The van der Waals surface area contributed by atoms with Crippen LogP contribution in [0.3, 0.4) is 0 Å². The van der Waals surface area contributed by atoms with Gasteiger partial charge in [0.25, 0.3) is 0 Å². The number of aryl methyl sites for hydroxylation is 1. The summed E-state index contributed by atoms with van der Waals surface area (Å²) in [7, 11) is 4.21. The van der Waals surface area contributed by atoms with Gasteiger partial charge in [0.15, 0.2) is 0 Å². The highest BCUT2D eigenvalue weighted by Gasteiger charge is 2.03. The zero-order valence-corrected chi connectivity index (χ0v) is 13.6. The molecule has 0 aromatic heterocycles. The second-order valence-corrected chi connectivity index (χ2v) is 5.27. The van der Waals surface area contributed by atoms with Crippen LogP contribution in [-0.4, -0.2) is 25.6 Å². The summed E-state index contributed by atoms with van der Waals surface area (Å²) in [5.74, 6) is 0.953. The molecule has 0 aliphatic carbocycles. The zero-order chi connectivity index (χ0) is 14.2. The predicted molar refractivity (Wildman–Crippen MR) is 91.3 cm³/mol. The first-order chi connectivity index (χ1) is 9.75. The Morgan fingerprint density at radius 3 is 2.14 bits per heavy atom. The molecule has 0 aliphatic rings. The number of halogens is 1. The SMILES string of the molecule is CN(C)Cc1ccccc1CCCOc1ccccc1.Cl. The van der Waals surface area contributed by atoms with Crippen LogP contribution in [-0.2, 0) is 13.0 Å². The highest BCUT2D eigenvalue weighted by molar-refractivity contribution is 5.85. The second-order valence-electron chi connectivity index (χ2n) is 5.27. The van der Waals surface area contributed by atoms with Crippen molar-refractivity contribution in [3.63, 3.8) is 0 Å². The summed E-state index contributed by atoms with van der Waals surface area (Å²) in [6.45, 7) is 1.76. The number of hydrogen-bond acceptors (Lipinski definition) is 2. The van der Waals surface area contributed by atoms with Gasteiger partial charge in [-0.2, -0.15) is 0 Å². The third-order valence-corrected chi connectivity index (χ3v) is 3.21. The van der Waals surface area contributed by atoms with Crippen LogP contribution in [0.15, 0.2) is 54.6 Å². The number of hydrogen-bond donors (Lipinski definition) is 0. The van der Waals surface area contributed by atoms with Crippen LogP contribution in [0, 0.1) is 0 Å². The van der Waals surface area contributed by atoms with Gasteiger partial charge in [0.05, 0.1) is 6.61 Å². The second kappa shape index (κ2) is 9.43. The number of benzene rings is 2. The lowest BCUT2D eigenvalue weighted by Gasteiger charge is -2.14. The van der Waals surface area contributed by atoms with Gasteiger partial charge >= 0.3 is 0 Å². The molecule has 2 aromatic carbocycles. The van der Waals surface area contributed by atoms with E-state index in [9.17, 15) is 0 Å². The molecule has 0 fully saturated rings. The highest BCUT2D eigenvalue weighted by atomic mass is 35.5. The van der Waals surface area contributed by atoms with Gasteiger partial charge in [0.2, 0.25) is 0 Å². The van der Waals surface area contributed by atoms with Gasteiger partial charge in [-0.1, -0.05) is 42.5 Å². The third kappa shape index (κ3) is 6.19. The Labute approximate surface area is 134 Å². The first kappa shape index (κ1) is 17.5. The summed E-state index contributed by atoms with van der Waals surface area (Å²) in [6.07, 6.45) is 2.11. The molecule has 0 bridgehead atoms. The lowest BCUT2D eigenvalue weighted by atomic mass is 10.0. The molecular formula is C18H24ClNO. The van der Waals surface area contributed by atoms with E-state index >= 15 is 0 Å². The normalized spacial score (nSPS) is 10.2. The van der Waals surface area contributed by atoms with Crippen molar-refractivity contribution in [3.05, 3.63) is 65.7 Å². The molecule has 0 unspecified atom stereocenters. The van der Waals surface area contributed by atoms with Crippen molar-refractivity contribution in [2.24, 2.45) is 0 Å². The fourth-order valence-corrected chi connectivity index (χ4v) is 2.27. The van der Waals surface area contributed by atoms with Crippen molar-refractivity contribution in [1.29, 1.82) is 0 Å². The van der Waals surface area contributed by atoms with E-state index in [-0.39, 0.29) is 12.4 Å². The van der Waals surface area contributed by atoms with Crippen LogP contribution in [0.25, 0.3) is 0 Å². The van der Waals surface area contributed by atoms with E-state index in [4.69, 9.17) is 4.74 Å². The quantitative estimate of drug-likeness (QED) is 0.712. The minimum absolute atomic E-state index is 0. The fourth-order valence-electron chi connectivity index (χ4n) is 2.27. The van der Waals surface area contributed by atoms with Crippen LogP contribution in [0.1, 0.15) is 17.5 Å². The smallest absolute Gasteiger partial charge is 0.119 e. The molecule has 0 aliphatic heterocycles. The van der Waals surface area contributed by atoms with Gasteiger partial charge in [0, 0.05) is 6.54 Å². The molecule has 0 spiro atoms. The maximum atomic E-state index is 5.74. The summed E-state index contributed by atoms with van der Waals surface area (Å²) >= 11 is 0. The first-order valence-corrected chi connectivity index (χ1v) is 7.15. The molecule has 0 saturated carbocycles.